The Balaban J connectivity index is 1.52. The molecule has 3 aromatic rings. The van der Waals surface area contributed by atoms with Crippen LogP contribution in [0.5, 0.6) is 0 Å². The minimum atomic E-state index is -0.912. The van der Waals surface area contributed by atoms with Crippen molar-refractivity contribution in [1.29, 1.82) is 0 Å². The Labute approximate surface area is 164 Å². The zero-order valence-corrected chi connectivity index (χ0v) is 16.4. The fourth-order valence-electron chi connectivity index (χ4n) is 3.88. The van der Waals surface area contributed by atoms with Crippen LogP contribution < -0.4 is 0 Å². The second-order valence-corrected chi connectivity index (χ2v) is 7.56. The fourth-order valence-corrected chi connectivity index (χ4v) is 3.88. The molecule has 1 aliphatic heterocycles. The third-order valence-electron chi connectivity index (χ3n) is 5.20. The van der Waals surface area contributed by atoms with E-state index in [0.29, 0.717) is 5.69 Å². The van der Waals surface area contributed by atoms with Crippen molar-refractivity contribution in [1.82, 2.24) is 24.5 Å². The van der Waals surface area contributed by atoms with E-state index in [0.717, 1.165) is 55.4 Å². The van der Waals surface area contributed by atoms with Crippen molar-refractivity contribution < 1.29 is 10.2 Å². The summed E-state index contributed by atoms with van der Waals surface area (Å²) in [6.45, 7) is 7.21. The molecule has 148 valence electrons. The van der Waals surface area contributed by atoms with Crippen LogP contribution in [0.25, 0.3) is 5.69 Å². The standard InChI is InChI=1S/C21H27N5O2/c1-15-9-16(2)26(22-15)18-6-3-5-17(10-18)12-24-7-4-8-25-19(13-24)11-20(23-25)21(28)14-27/h3,5-6,9-11,21,27-28H,4,7-8,12-14H2,1-2H3/t21-/m0/s1. The van der Waals surface area contributed by atoms with Crippen molar-refractivity contribution in [2.75, 3.05) is 13.2 Å². The number of rotatable bonds is 5. The van der Waals surface area contributed by atoms with E-state index in [9.17, 15) is 10.2 Å². The Morgan fingerprint density at radius 1 is 1.11 bits per heavy atom. The molecule has 0 bridgehead atoms. The molecule has 7 heteroatoms. The van der Waals surface area contributed by atoms with Gasteiger partial charge in [-0.05, 0) is 50.1 Å². The van der Waals surface area contributed by atoms with Gasteiger partial charge in [0.15, 0.2) is 0 Å². The molecule has 1 aromatic carbocycles. The Morgan fingerprint density at radius 3 is 2.71 bits per heavy atom. The van der Waals surface area contributed by atoms with Gasteiger partial charge in [0.25, 0.3) is 0 Å². The van der Waals surface area contributed by atoms with Gasteiger partial charge in [0.2, 0.25) is 0 Å². The minimum absolute atomic E-state index is 0.306. The Hall–Kier alpha value is -2.48. The molecular formula is C21H27N5O2. The smallest absolute Gasteiger partial charge is 0.121 e. The van der Waals surface area contributed by atoms with Crippen molar-refractivity contribution in [2.45, 2.75) is 46.0 Å². The first-order valence-electron chi connectivity index (χ1n) is 9.74. The first-order chi connectivity index (χ1) is 13.5. The lowest BCUT2D eigenvalue weighted by Crippen LogP contribution is -2.22. The van der Waals surface area contributed by atoms with Gasteiger partial charge in [0.05, 0.1) is 29.4 Å². The third kappa shape index (κ3) is 3.87. The van der Waals surface area contributed by atoms with Gasteiger partial charge in [-0.2, -0.15) is 10.2 Å². The van der Waals surface area contributed by atoms with Crippen LogP contribution in [-0.4, -0.2) is 47.8 Å². The summed E-state index contributed by atoms with van der Waals surface area (Å²) in [5.74, 6) is 0. The van der Waals surface area contributed by atoms with Gasteiger partial charge >= 0.3 is 0 Å². The highest BCUT2D eigenvalue weighted by atomic mass is 16.3. The minimum Gasteiger partial charge on any atom is -0.393 e. The molecular weight excluding hydrogens is 354 g/mol. The second kappa shape index (κ2) is 7.87. The maximum absolute atomic E-state index is 9.87. The lowest BCUT2D eigenvalue weighted by Gasteiger charge is -2.20. The van der Waals surface area contributed by atoms with E-state index in [-0.39, 0.29) is 6.61 Å². The molecule has 0 amide bonds. The monoisotopic (exact) mass is 381 g/mol. The van der Waals surface area contributed by atoms with Gasteiger partial charge in [-0.15, -0.1) is 0 Å². The summed E-state index contributed by atoms with van der Waals surface area (Å²) < 4.78 is 3.94. The first kappa shape index (κ1) is 18.9. The summed E-state index contributed by atoms with van der Waals surface area (Å²) in [4.78, 5) is 2.40. The largest absolute Gasteiger partial charge is 0.393 e. The van der Waals surface area contributed by atoms with E-state index < -0.39 is 6.10 Å². The molecule has 0 spiro atoms. The molecule has 2 N–H and O–H groups in total. The number of nitrogens with zero attached hydrogens (tertiary/aromatic N) is 5. The van der Waals surface area contributed by atoms with Crippen LogP contribution in [0.4, 0.5) is 0 Å². The van der Waals surface area contributed by atoms with Gasteiger partial charge in [0, 0.05) is 31.9 Å². The van der Waals surface area contributed by atoms with Crippen molar-refractivity contribution in [2.24, 2.45) is 0 Å². The van der Waals surface area contributed by atoms with Gasteiger partial charge in [-0.1, -0.05) is 12.1 Å². The number of benzene rings is 1. The van der Waals surface area contributed by atoms with E-state index in [1.54, 1.807) is 0 Å². The van der Waals surface area contributed by atoms with Gasteiger partial charge in [-0.25, -0.2) is 4.68 Å². The predicted octanol–water partition coefficient (Wildman–Crippen LogP) is 2.12. The fraction of sp³-hybridized carbons (Fsp3) is 0.429. The van der Waals surface area contributed by atoms with E-state index >= 15 is 0 Å². The van der Waals surface area contributed by atoms with Crippen LogP contribution in [0, 0.1) is 13.8 Å². The molecule has 0 saturated heterocycles. The topological polar surface area (TPSA) is 79.3 Å². The molecule has 28 heavy (non-hydrogen) atoms. The summed E-state index contributed by atoms with van der Waals surface area (Å²) in [5, 5.41) is 28.1. The van der Waals surface area contributed by atoms with Crippen LogP contribution in [-0.2, 0) is 19.6 Å². The number of aromatic nitrogens is 4. The van der Waals surface area contributed by atoms with Crippen molar-refractivity contribution in [3.05, 3.63) is 64.7 Å². The molecule has 3 heterocycles. The summed E-state index contributed by atoms with van der Waals surface area (Å²) in [6.07, 6.45) is 0.0888. The van der Waals surface area contributed by atoms with Crippen LogP contribution in [0.1, 0.15) is 40.9 Å². The van der Waals surface area contributed by atoms with E-state index in [4.69, 9.17) is 0 Å². The molecule has 0 aliphatic carbocycles. The maximum atomic E-state index is 9.87. The van der Waals surface area contributed by atoms with E-state index in [1.807, 2.05) is 22.4 Å². The molecule has 0 unspecified atom stereocenters. The highest BCUT2D eigenvalue weighted by molar-refractivity contribution is 5.37. The van der Waals surface area contributed by atoms with Crippen molar-refractivity contribution in [3.8, 4) is 5.69 Å². The zero-order chi connectivity index (χ0) is 19.7. The van der Waals surface area contributed by atoms with Crippen LogP contribution in [0.15, 0.2) is 36.4 Å². The summed E-state index contributed by atoms with van der Waals surface area (Å²) >= 11 is 0. The Bertz CT molecular complexity index is 962. The summed E-state index contributed by atoms with van der Waals surface area (Å²) in [7, 11) is 0. The number of hydrogen-bond donors (Lipinski definition) is 2. The number of aliphatic hydroxyl groups is 2. The number of aliphatic hydroxyl groups excluding tert-OH is 2. The zero-order valence-electron chi connectivity index (χ0n) is 16.4. The number of aryl methyl sites for hydroxylation is 3. The average Bonchev–Trinajstić information content (AvgIpc) is 3.18. The lowest BCUT2D eigenvalue weighted by atomic mass is 10.1. The van der Waals surface area contributed by atoms with E-state index in [1.165, 1.54) is 5.56 Å². The van der Waals surface area contributed by atoms with Crippen LogP contribution in [0.3, 0.4) is 0 Å². The van der Waals surface area contributed by atoms with Gasteiger partial charge < -0.3 is 10.2 Å². The maximum Gasteiger partial charge on any atom is 0.121 e. The quantitative estimate of drug-likeness (QED) is 0.708. The second-order valence-electron chi connectivity index (χ2n) is 7.56. The van der Waals surface area contributed by atoms with Crippen LogP contribution >= 0.6 is 0 Å². The molecule has 2 aromatic heterocycles. The third-order valence-corrected chi connectivity index (χ3v) is 5.20. The van der Waals surface area contributed by atoms with Crippen molar-refractivity contribution in [3.63, 3.8) is 0 Å². The summed E-state index contributed by atoms with van der Waals surface area (Å²) in [5.41, 5.74) is 6.10. The number of hydrogen-bond acceptors (Lipinski definition) is 5. The molecule has 0 fully saturated rings. The number of fused-ring (bicyclic) bond motifs is 1. The predicted molar refractivity (Wildman–Crippen MR) is 106 cm³/mol. The van der Waals surface area contributed by atoms with Gasteiger partial charge in [0.1, 0.15) is 6.10 Å². The SMILES string of the molecule is Cc1cc(C)n(-c2cccc(CN3CCCn4nc([C@@H](O)CO)cc4C3)c2)n1. The van der Waals surface area contributed by atoms with E-state index in [2.05, 4.69) is 52.4 Å². The first-order valence-corrected chi connectivity index (χ1v) is 9.74. The highest BCUT2D eigenvalue weighted by Crippen LogP contribution is 2.20. The molecule has 0 saturated carbocycles. The highest BCUT2D eigenvalue weighted by Gasteiger charge is 2.19. The molecule has 1 atom stereocenters. The lowest BCUT2D eigenvalue weighted by molar-refractivity contribution is 0.0916. The van der Waals surface area contributed by atoms with Crippen molar-refractivity contribution >= 4 is 0 Å². The molecule has 7 nitrogen and oxygen atoms in total. The summed E-state index contributed by atoms with van der Waals surface area (Å²) in [6, 6.07) is 12.5. The normalized spacial score (nSPS) is 16.0. The Kier molecular flexibility index (Phi) is 5.30. The Morgan fingerprint density at radius 2 is 1.96 bits per heavy atom. The van der Waals surface area contributed by atoms with Gasteiger partial charge in [-0.3, -0.25) is 9.58 Å². The molecule has 0 radical (unpaired) electrons. The van der Waals surface area contributed by atoms with Crippen LogP contribution in [0.2, 0.25) is 0 Å². The molecule has 1 aliphatic rings. The molecule has 4 rings (SSSR count). The average molecular weight is 381 g/mol.